The predicted molar refractivity (Wildman–Crippen MR) is 112 cm³/mol. The minimum absolute atomic E-state index is 0.418. The first-order valence-electron chi connectivity index (χ1n) is 8.51. The van der Waals surface area contributed by atoms with Crippen LogP contribution in [-0.2, 0) is 0 Å². The van der Waals surface area contributed by atoms with Crippen molar-refractivity contribution in [3.63, 3.8) is 0 Å². The van der Waals surface area contributed by atoms with Crippen molar-refractivity contribution in [2.45, 2.75) is 0 Å². The fourth-order valence-electron chi connectivity index (χ4n) is 2.53. The van der Waals surface area contributed by atoms with Crippen LogP contribution in [0, 0.1) is 0 Å². The topological polar surface area (TPSA) is 158 Å². The summed E-state index contributed by atoms with van der Waals surface area (Å²) in [5, 5.41) is 20.4. The molecule has 29 heavy (non-hydrogen) atoms. The molecule has 3 heterocycles. The van der Waals surface area contributed by atoms with E-state index >= 15 is 0 Å². The van der Waals surface area contributed by atoms with E-state index in [4.69, 9.17) is 15.3 Å². The minimum atomic E-state index is 0.418. The number of benzene rings is 1. The number of nitrogens with zero attached hydrogens (tertiary/aromatic N) is 3. The van der Waals surface area contributed by atoms with Crippen molar-refractivity contribution in [2.24, 2.45) is 10.9 Å². The van der Waals surface area contributed by atoms with Gasteiger partial charge in [0.15, 0.2) is 17.9 Å². The van der Waals surface area contributed by atoms with E-state index in [1.807, 2.05) is 42.5 Å². The zero-order valence-corrected chi connectivity index (χ0v) is 15.9. The molecule has 4 rings (SSSR count). The zero-order valence-electron chi connectivity index (χ0n) is 15.1. The van der Waals surface area contributed by atoms with Gasteiger partial charge in [0.25, 0.3) is 0 Å². The van der Waals surface area contributed by atoms with Crippen LogP contribution in [0.3, 0.4) is 0 Å². The molecule has 0 fully saturated rings. The average molecular weight is 408 g/mol. The molecule has 0 amide bonds. The molecule has 0 atom stereocenters. The van der Waals surface area contributed by atoms with Gasteiger partial charge < -0.3 is 15.5 Å². The number of aromatic amines is 2. The van der Waals surface area contributed by atoms with E-state index in [9.17, 15) is 0 Å². The van der Waals surface area contributed by atoms with E-state index in [1.165, 1.54) is 6.33 Å². The van der Waals surface area contributed by atoms with Gasteiger partial charge in [0.05, 0.1) is 6.26 Å². The Morgan fingerprint density at radius 3 is 2.83 bits per heavy atom. The maximum absolute atomic E-state index is 5.92. The first kappa shape index (κ1) is 18.5. The smallest absolute Gasteiger partial charge is 0.355 e. The molecule has 4 aromatic rings. The molecular weight excluding hydrogens is 390 g/mol. The monoisotopic (exact) mass is 408 g/mol. The van der Waals surface area contributed by atoms with E-state index in [0.29, 0.717) is 29.2 Å². The van der Waals surface area contributed by atoms with Gasteiger partial charge in [-0.3, -0.25) is 10.2 Å². The van der Waals surface area contributed by atoms with Crippen molar-refractivity contribution in [1.29, 1.82) is 0 Å². The van der Waals surface area contributed by atoms with Crippen LogP contribution in [0.25, 0.3) is 17.2 Å². The third-order valence-electron chi connectivity index (χ3n) is 3.89. The number of nitrogens with two attached hydrogens (primary N) is 2. The lowest BCUT2D eigenvalue weighted by Crippen LogP contribution is -2.15. The Morgan fingerprint density at radius 2 is 2.07 bits per heavy atom. The lowest BCUT2D eigenvalue weighted by atomic mass is 10.1. The summed E-state index contributed by atoms with van der Waals surface area (Å²) in [4.78, 5) is 11.5. The molecule has 0 aliphatic heterocycles. The fraction of sp³-hybridized carbons (Fsp3) is 0. The van der Waals surface area contributed by atoms with Gasteiger partial charge in [-0.05, 0) is 29.8 Å². The number of nitrogens with one attached hydrogen (secondary N) is 4. The van der Waals surface area contributed by atoms with Gasteiger partial charge in [-0.25, -0.2) is 10.3 Å². The second-order valence-electron chi connectivity index (χ2n) is 5.87. The summed E-state index contributed by atoms with van der Waals surface area (Å²) in [7, 11) is 0. The van der Waals surface area contributed by atoms with E-state index in [0.717, 1.165) is 28.9 Å². The standard InChI is InChI=1S/C18H17N9OS/c19-13(9-29-20)11-3-5-12(6-4-11)23-17-21-10-22-18(25-17)24-16-8-14(26-27-16)15-2-1-7-28-15/h1-10H,19-20H2,(H3,21,22,23,24,25,26,27)/p+1/b13-9-. The van der Waals surface area contributed by atoms with Gasteiger partial charge in [0.2, 0.25) is 0 Å². The maximum Gasteiger partial charge on any atom is 0.355 e. The summed E-state index contributed by atoms with van der Waals surface area (Å²) in [6, 6.07) is 13.0. The van der Waals surface area contributed by atoms with Crippen LogP contribution in [0.4, 0.5) is 23.4 Å². The summed E-state index contributed by atoms with van der Waals surface area (Å²) in [6.45, 7) is 0. The molecule has 0 aliphatic carbocycles. The highest BCUT2D eigenvalue weighted by Crippen LogP contribution is 2.21. The fourth-order valence-corrected chi connectivity index (χ4v) is 2.81. The second-order valence-corrected chi connectivity index (χ2v) is 6.38. The largest absolute Gasteiger partial charge is 0.463 e. The first-order chi connectivity index (χ1) is 14.2. The third-order valence-corrected chi connectivity index (χ3v) is 4.28. The van der Waals surface area contributed by atoms with E-state index in [1.54, 1.807) is 11.7 Å². The van der Waals surface area contributed by atoms with Crippen molar-refractivity contribution in [3.05, 3.63) is 66.0 Å². The van der Waals surface area contributed by atoms with Crippen LogP contribution in [0.15, 0.2) is 64.9 Å². The first-order valence-corrected chi connectivity index (χ1v) is 9.45. The number of rotatable bonds is 7. The normalized spacial score (nSPS) is 11.4. The highest BCUT2D eigenvalue weighted by Gasteiger charge is 2.13. The van der Waals surface area contributed by atoms with Gasteiger partial charge in [-0.2, -0.15) is 0 Å². The zero-order chi connectivity index (χ0) is 20.1. The number of hydrogen-bond acceptors (Lipinski definition) is 9. The van der Waals surface area contributed by atoms with Crippen LogP contribution < -0.4 is 26.5 Å². The quantitative estimate of drug-likeness (QED) is 0.290. The lowest BCUT2D eigenvalue weighted by Gasteiger charge is -2.04. The molecule has 0 aliphatic rings. The number of aromatic nitrogens is 5. The van der Waals surface area contributed by atoms with Crippen LogP contribution in [0.1, 0.15) is 5.56 Å². The van der Waals surface area contributed by atoms with Crippen molar-refractivity contribution >= 4 is 41.0 Å². The Labute approximate surface area is 170 Å². The number of hydrogen-bond donors (Lipinski definition) is 5. The van der Waals surface area contributed by atoms with Crippen molar-refractivity contribution in [3.8, 4) is 11.5 Å². The molecule has 146 valence electrons. The molecule has 8 N–H and O–H groups in total. The molecule has 11 heteroatoms. The molecule has 0 bridgehead atoms. The minimum Gasteiger partial charge on any atom is -0.463 e. The summed E-state index contributed by atoms with van der Waals surface area (Å²) in [6.07, 6.45) is 3.14. The SMILES string of the molecule is NS/C=C(\N)c1ccc(Nc2nc[nH+]c(Nc3cc(-c4ccco4)[nH]n3)n2)cc1. The Hall–Kier alpha value is -3.83. The van der Waals surface area contributed by atoms with E-state index in [-0.39, 0.29) is 0 Å². The molecule has 0 radical (unpaired) electrons. The molecule has 0 spiro atoms. The van der Waals surface area contributed by atoms with Crippen molar-refractivity contribution < 1.29 is 9.40 Å². The summed E-state index contributed by atoms with van der Waals surface area (Å²) in [5.41, 5.74) is 8.98. The average Bonchev–Trinajstić information content (AvgIpc) is 3.41. The van der Waals surface area contributed by atoms with Gasteiger partial charge in [0, 0.05) is 22.9 Å². The number of anilines is 4. The van der Waals surface area contributed by atoms with Crippen LogP contribution in [-0.4, -0.2) is 20.2 Å². The van der Waals surface area contributed by atoms with Gasteiger partial charge in [-0.1, -0.05) is 34.0 Å². The molecule has 0 saturated carbocycles. The molecule has 0 saturated heterocycles. The van der Waals surface area contributed by atoms with Crippen LogP contribution in [0.2, 0.25) is 0 Å². The van der Waals surface area contributed by atoms with Crippen LogP contribution >= 0.6 is 11.9 Å². The van der Waals surface area contributed by atoms with Gasteiger partial charge in [-0.15, -0.1) is 5.10 Å². The predicted octanol–water partition coefficient (Wildman–Crippen LogP) is 2.62. The molecule has 3 aromatic heterocycles. The summed E-state index contributed by atoms with van der Waals surface area (Å²) < 4.78 is 5.34. The van der Waals surface area contributed by atoms with Crippen LogP contribution in [0.5, 0.6) is 0 Å². The molecule has 10 nitrogen and oxygen atoms in total. The highest BCUT2D eigenvalue weighted by atomic mass is 32.2. The number of furan rings is 1. The Kier molecular flexibility index (Phi) is 5.40. The molecule has 0 unspecified atom stereocenters. The molecular formula is C18H18N9OS+. The van der Waals surface area contributed by atoms with Crippen molar-refractivity contribution in [1.82, 2.24) is 20.2 Å². The van der Waals surface area contributed by atoms with Gasteiger partial charge >= 0.3 is 11.9 Å². The third kappa shape index (κ3) is 4.54. The van der Waals surface area contributed by atoms with Gasteiger partial charge in [0.1, 0.15) is 5.69 Å². The molecule has 1 aromatic carbocycles. The Bertz CT molecular complexity index is 1110. The van der Waals surface area contributed by atoms with Crippen molar-refractivity contribution in [2.75, 3.05) is 10.6 Å². The summed E-state index contributed by atoms with van der Waals surface area (Å²) >= 11 is 1.07. The highest BCUT2D eigenvalue weighted by molar-refractivity contribution is 8.00. The Balaban J connectivity index is 1.44. The Morgan fingerprint density at radius 1 is 1.21 bits per heavy atom. The second kappa shape index (κ2) is 8.46. The maximum atomic E-state index is 5.92. The van der Waals surface area contributed by atoms with E-state index in [2.05, 4.69) is 35.8 Å². The number of H-pyrrole nitrogens is 2. The lowest BCUT2D eigenvalue weighted by molar-refractivity contribution is -0.369. The summed E-state index contributed by atoms with van der Waals surface area (Å²) in [5.74, 6) is 2.18. The van der Waals surface area contributed by atoms with E-state index < -0.39 is 0 Å².